The molecule has 1 unspecified atom stereocenters. The molecule has 0 aliphatic heterocycles. The van der Waals surface area contributed by atoms with Crippen molar-refractivity contribution in [1.82, 2.24) is 4.98 Å². The highest BCUT2D eigenvalue weighted by atomic mass is 32.3. The van der Waals surface area contributed by atoms with Crippen LogP contribution in [0.4, 0.5) is 0 Å². The Morgan fingerprint density at radius 2 is 2.36 bits per heavy atom. The van der Waals surface area contributed by atoms with Crippen molar-refractivity contribution >= 4 is 21.5 Å². The maximum atomic E-state index is 11.4. The lowest BCUT2D eigenvalue weighted by molar-refractivity contribution is -0.00244. The number of aliphatic hydroxyl groups is 2. The van der Waals surface area contributed by atoms with E-state index >= 15 is 0 Å². The molecule has 1 aromatic heterocycles. The minimum Gasteiger partial charge on any atom is -0.393 e. The number of hydrogen-bond donors (Lipinski definition) is 4. The van der Waals surface area contributed by atoms with Gasteiger partial charge in [-0.25, -0.2) is 4.98 Å². The third kappa shape index (κ3) is 2.37. The number of rotatable bonds is 3. The fourth-order valence-corrected chi connectivity index (χ4v) is 2.75. The number of nitrogens with two attached hydrogens (primary N) is 1. The van der Waals surface area contributed by atoms with E-state index in [2.05, 4.69) is 4.98 Å². The summed E-state index contributed by atoms with van der Waals surface area (Å²) in [6.07, 6.45) is 2.81. The van der Waals surface area contributed by atoms with E-state index in [1.54, 1.807) is 0 Å². The van der Waals surface area contributed by atoms with Crippen molar-refractivity contribution in [2.24, 2.45) is 5.14 Å². The molecule has 1 aromatic rings. The normalized spacial score (nSPS) is 17.8. The van der Waals surface area contributed by atoms with Crippen molar-refractivity contribution in [2.75, 3.05) is 12.9 Å². The van der Waals surface area contributed by atoms with E-state index in [4.69, 9.17) is 10.2 Å². The summed E-state index contributed by atoms with van der Waals surface area (Å²) in [6.45, 7) is 1.01. The Kier molecular flexibility index (Phi) is 3.07. The largest absolute Gasteiger partial charge is 0.393 e. The number of thiol groups is 1. The number of aliphatic hydroxyl groups excluding tert-OH is 1. The van der Waals surface area contributed by atoms with Crippen molar-refractivity contribution in [2.45, 2.75) is 16.7 Å². The van der Waals surface area contributed by atoms with Gasteiger partial charge >= 0.3 is 0 Å². The molecule has 7 heteroatoms. The molecular formula is C7H14N2O3S2. The first-order valence-corrected chi connectivity index (χ1v) is 6.97. The molecule has 14 heavy (non-hydrogen) atoms. The molecule has 0 saturated carbocycles. The van der Waals surface area contributed by atoms with Crippen LogP contribution in [0.2, 0.25) is 0 Å². The zero-order valence-electron chi connectivity index (χ0n) is 7.97. The van der Waals surface area contributed by atoms with E-state index < -0.39 is 22.3 Å². The monoisotopic (exact) mass is 238 g/mol. The second-order valence-corrected chi connectivity index (χ2v) is 7.22. The van der Waals surface area contributed by atoms with E-state index in [9.17, 15) is 9.32 Å². The lowest BCUT2D eigenvalue weighted by Gasteiger charge is -2.16. The molecule has 1 heterocycles. The van der Waals surface area contributed by atoms with Crippen LogP contribution >= 0.6 is 11.3 Å². The number of hydrogen-bond acceptors (Lipinski definition) is 5. The molecule has 1 rings (SSSR count). The summed E-state index contributed by atoms with van der Waals surface area (Å²) in [6, 6.07) is 0. The second kappa shape index (κ2) is 3.67. The smallest absolute Gasteiger partial charge is 0.136 e. The van der Waals surface area contributed by atoms with Crippen molar-refractivity contribution < 1.29 is 14.4 Å². The Morgan fingerprint density at radius 1 is 1.79 bits per heavy atom. The summed E-state index contributed by atoms with van der Waals surface area (Å²) in [7, 11) is -2.81. The van der Waals surface area contributed by atoms with Crippen molar-refractivity contribution in [3.63, 3.8) is 0 Å². The van der Waals surface area contributed by atoms with E-state index in [-0.39, 0.29) is 0 Å². The van der Waals surface area contributed by atoms with Crippen molar-refractivity contribution in [3.05, 3.63) is 11.2 Å². The zero-order chi connectivity index (χ0) is 11.0. The molecule has 0 aliphatic rings. The Morgan fingerprint density at radius 3 is 2.71 bits per heavy atom. The molecule has 0 fully saturated rings. The van der Waals surface area contributed by atoms with Gasteiger partial charge in [-0.3, -0.25) is 9.35 Å². The van der Waals surface area contributed by atoms with Gasteiger partial charge < -0.3 is 10.2 Å². The van der Waals surface area contributed by atoms with Crippen LogP contribution in [0.5, 0.6) is 0 Å². The zero-order valence-corrected chi connectivity index (χ0v) is 9.68. The Hall–Kier alpha value is -0.340. The summed E-state index contributed by atoms with van der Waals surface area (Å²) in [5, 5.41) is 24.3. The van der Waals surface area contributed by atoms with Gasteiger partial charge in [0.05, 0.1) is 17.0 Å². The highest BCUT2D eigenvalue weighted by molar-refractivity contribution is 8.02. The molecular weight excluding hydrogens is 224 g/mol. The van der Waals surface area contributed by atoms with Crippen LogP contribution in [0, 0.1) is 0 Å². The van der Waals surface area contributed by atoms with Crippen LogP contribution < -0.4 is 5.14 Å². The quantitative estimate of drug-likeness (QED) is 0.519. The van der Waals surface area contributed by atoms with E-state index in [0.717, 1.165) is 11.3 Å². The number of thiazole rings is 1. The molecule has 0 aromatic carbocycles. The van der Waals surface area contributed by atoms with Crippen LogP contribution in [0.15, 0.2) is 10.4 Å². The van der Waals surface area contributed by atoms with Gasteiger partial charge in [-0.1, -0.05) is 0 Å². The lowest BCUT2D eigenvalue weighted by atomic mass is 10.1. The average molecular weight is 238 g/mol. The second-order valence-electron chi connectivity index (χ2n) is 3.43. The van der Waals surface area contributed by atoms with Crippen molar-refractivity contribution in [1.29, 1.82) is 0 Å². The highest BCUT2D eigenvalue weighted by Crippen LogP contribution is 2.28. The maximum Gasteiger partial charge on any atom is 0.136 e. The molecule has 0 spiro atoms. The predicted molar refractivity (Wildman–Crippen MR) is 56.7 cm³/mol. The SMILES string of the molecule is CC(O)(CO)c1ncc([SH](C)(N)=O)s1. The fraction of sp³-hybridized carbons (Fsp3) is 0.571. The summed E-state index contributed by atoms with van der Waals surface area (Å²) >= 11 is 1.06. The molecule has 0 amide bonds. The van der Waals surface area contributed by atoms with Crippen LogP contribution in [-0.4, -0.2) is 32.3 Å². The van der Waals surface area contributed by atoms with Crippen LogP contribution in [0.3, 0.4) is 0 Å². The van der Waals surface area contributed by atoms with E-state index in [1.807, 2.05) is 0 Å². The van der Waals surface area contributed by atoms with Crippen LogP contribution in [0.1, 0.15) is 11.9 Å². The molecule has 4 N–H and O–H groups in total. The van der Waals surface area contributed by atoms with E-state index in [0.29, 0.717) is 9.22 Å². The molecule has 0 saturated heterocycles. The topological polar surface area (TPSA) is 96.4 Å². The average Bonchev–Trinajstić information content (AvgIpc) is 2.51. The minimum absolute atomic E-state index is 0.322. The Balaban J connectivity index is 3.06. The van der Waals surface area contributed by atoms with Gasteiger partial charge in [0.25, 0.3) is 0 Å². The van der Waals surface area contributed by atoms with Gasteiger partial charge in [-0.2, -0.15) is 0 Å². The third-order valence-electron chi connectivity index (χ3n) is 1.70. The maximum absolute atomic E-state index is 11.4. The molecule has 82 valence electrons. The summed E-state index contributed by atoms with van der Waals surface area (Å²) in [4.78, 5) is 3.88. The first-order valence-electron chi connectivity index (χ1n) is 3.93. The van der Waals surface area contributed by atoms with Crippen LogP contribution in [-0.2, 0) is 15.7 Å². The Labute approximate surface area is 87.2 Å². The van der Waals surface area contributed by atoms with Crippen LogP contribution in [0.25, 0.3) is 0 Å². The third-order valence-corrected chi connectivity index (χ3v) is 5.10. The molecule has 1 atom stereocenters. The summed E-state index contributed by atoms with van der Waals surface area (Å²) in [5.41, 5.74) is -1.39. The van der Waals surface area contributed by atoms with Gasteiger partial charge in [-0.15, -0.1) is 11.3 Å². The minimum atomic E-state index is -2.81. The van der Waals surface area contributed by atoms with Gasteiger partial charge in [0, 0.05) is 6.26 Å². The molecule has 0 aliphatic carbocycles. The molecule has 0 bridgehead atoms. The Bertz CT molecular complexity index is 369. The highest BCUT2D eigenvalue weighted by Gasteiger charge is 2.26. The fourth-order valence-electron chi connectivity index (χ4n) is 0.787. The van der Waals surface area contributed by atoms with Gasteiger partial charge in [0.15, 0.2) is 0 Å². The summed E-state index contributed by atoms with van der Waals surface area (Å²) < 4.78 is 11.9. The van der Waals surface area contributed by atoms with E-state index in [1.165, 1.54) is 19.4 Å². The van der Waals surface area contributed by atoms with Crippen molar-refractivity contribution in [3.8, 4) is 0 Å². The lowest BCUT2D eigenvalue weighted by Crippen LogP contribution is -2.25. The first kappa shape index (κ1) is 11.7. The van der Waals surface area contributed by atoms with Gasteiger partial charge in [0.2, 0.25) is 0 Å². The van der Waals surface area contributed by atoms with Gasteiger partial charge in [-0.05, 0) is 17.0 Å². The predicted octanol–water partition coefficient (Wildman–Crippen LogP) is -0.778. The summed E-state index contributed by atoms with van der Waals surface area (Å²) in [5.74, 6) is 0. The first-order chi connectivity index (χ1) is 6.27. The van der Waals surface area contributed by atoms with Gasteiger partial charge in [0.1, 0.15) is 10.6 Å². The standard InChI is InChI=1S/C7H14N2O3S2/c1-7(11,4-10)6-9-3-5(13-6)14(2,8)12/h3,10-11,14H,4H2,1-2H3,(H2,8,12). The number of nitrogens with zero attached hydrogens (tertiary/aromatic N) is 1. The number of aromatic nitrogens is 1. The molecule has 0 radical (unpaired) electrons. The molecule has 5 nitrogen and oxygen atoms in total.